The van der Waals surface area contributed by atoms with Gasteiger partial charge in [0, 0.05) is 17.3 Å². The van der Waals surface area contributed by atoms with Crippen LogP contribution in [-0.4, -0.2) is 25.5 Å². The first-order chi connectivity index (χ1) is 7.63. The third kappa shape index (κ3) is 1.76. The van der Waals surface area contributed by atoms with Gasteiger partial charge in [-0.1, -0.05) is 11.6 Å². The van der Waals surface area contributed by atoms with Gasteiger partial charge < -0.3 is 9.64 Å². The van der Waals surface area contributed by atoms with Crippen LogP contribution in [0.3, 0.4) is 0 Å². The number of hydrogen-bond donors (Lipinski definition) is 0. The molecular weight excluding hydrogens is 230 g/mol. The van der Waals surface area contributed by atoms with Gasteiger partial charge in [-0.15, -0.1) is 0 Å². The van der Waals surface area contributed by atoms with E-state index in [0.29, 0.717) is 11.6 Å². The number of esters is 1. The number of benzene rings is 1. The zero-order valence-corrected chi connectivity index (χ0v) is 9.40. The Morgan fingerprint density at radius 1 is 1.44 bits per heavy atom. The van der Waals surface area contributed by atoms with E-state index in [4.69, 9.17) is 11.6 Å². The minimum Gasteiger partial charge on any atom is -0.468 e. The first-order valence-corrected chi connectivity index (χ1v) is 5.16. The van der Waals surface area contributed by atoms with Crippen molar-refractivity contribution >= 4 is 29.2 Å². The van der Waals surface area contributed by atoms with E-state index < -0.39 is 11.9 Å². The van der Waals surface area contributed by atoms with Crippen LogP contribution in [0, 0.1) is 5.92 Å². The van der Waals surface area contributed by atoms with Gasteiger partial charge in [0.25, 0.3) is 0 Å². The van der Waals surface area contributed by atoms with Gasteiger partial charge in [-0.05, 0) is 24.3 Å². The number of halogens is 1. The Morgan fingerprint density at radius 2 is 2.06 bits per heavy atom. The Kier molecular flexibility index (Phi) is 2.83. The molecule has 0 radical (unpaired) electrons. The number of ether oxygens (including phenoxy) is 1. The molecule has 1 aliphatic rings. The van der Waals surface area contributed by atoms with E-state index in [-0.39, 0.29) is 5.91 Å². The molecular formula is C11H10ClNO3. The monoisotopic (exact) mass is 239 g/mol. The molecule has 1 atom stereocenters. The van der Waals surface area contributed by atoms with Gasteiger partial charge in [0.1, 0.15) is 0 Å². The quantitative estimate of drug-likeness (QED) is 0.446. The first-order valence-electron chi connectivity index (χ1n) is 4.78. The molecule has 84 valence electrons. The highest BCUT2D eigenvalue weighted by Gasteiger charge is 2.43. The first kappa shape index (κ1) is 11.0. The number of hydrogen-bond acceptors (Lipinski definition) is 3. The van der Waals surface area contributed by atoms with Crippen LogP contribution in [0.5, 0.6) is 0 Å². The van der Waals surface area contributed by atoms with Crippen molar-refractivity contribution in [3.05, 3.63) is 29.3 Å². The summed E-state index contributed by atoms with van der Waals surface area (Å²) in [5.74, 6) is -1.36. The number of anilines is 1. The van der Waals surface area contributed by atoms with E-state index in [1.807, 2.05) is 0 Å². The minimum absolute atomic E-state index is 0.228. The fraction of sp³-hybridized carbons (Fsp3) is 0.273. The zero-order chi connectivity index (χ0) is 11.7. The summed E-state index contributed by atoms with van der Waals surface area (Å²) < 4.78 is 4.52. The second-order valence-electron chi connectivity index (χ2n) is 3.50. The van der Waals surface area contributed by atoms with Crippen molar-refractivity contribution in [2.24, 2.45) is 5.92 Å². The van der Waals surface area contributed by atoms with Crippen LogP contribution in [0.2, 0.25) is 5.02 Å². The fourth-order valence-corrected chi connectivity index (χ4v) is 1.72. The maximum Gasteiger partial charge on any atom is 0.320 e. The van der Waals surface area contributed by atoms with E-state index in [1.54, 1.807) is 24.3 Å². The van der Waals surface area contributed by atoms with Crippen LogP contribution >= 0.6 is 11.6 Å². The van der Waals surface area contributed by atoms with E-state index in [1.165, 1.54) is 12.0 Å². The van der Waals surface area contributed by atoms with Crippen LogP contribution in [0.4, 0.5) is 5.69 Å². The third-order valence-corrected chi connectivity index (χ3v) is 2.81. The summed E-state index contributed by atoms with van der Waals surface area (Å²) >= 11 is 5.74. The topological polar surface area (TPSA) is 46.6 Å². The predicted molar refractivity (Wildman–Crippen MR) is 59.3 cm³/mol. The number of methoxy groups -OCH3 is 1. The third-order valence-electron chi connectivity index (χ3n) is 2.55. The molecule has 1 fully saturated rings. The number of rotatable bonds is 2. The Morgan fingerprint density at radius 3 is 2.56 bits per heavy atom. The summed E-state index contributed by atoms with van der Waals surface area (Å²) in [5, 5.41) is 0.612. The lowest BCUT2D eigenvalue weighted by Crippen LogP contribution is -2.56. The number of carbonyl (C=O) groups excluding carboxylic acids is 2. The Hall–Kier alpha value is -1.55. The predicted octanol–water partition coefficient (Wildman–Crippen LogP) is 1.48. The second-order valence-corrected chi connectivity index (χ2v) is 3.94. The molecule has 2 rings (SSSR count). The highest BCUT2D eigenvalue weighted by Crippen LogP contribution is 2.27. The van der Waals surface area contributed by atoms with Gasteiger partial charge in [-0.3, -0.25) is 9.59 Å². The van der Waals surface area contributed by atoms with Gasteiger partial charge >= 0.3 is 5.97 Å². The van der Waals surface area contributed by atoms with Gasteiger partial charge in [0.2, 0.25) is 5.91 Å². The summed E-state index contributed by atoms with van der Waals surface area (Å²) in [5.41, 5.74) is 0.745. The summed E-state index contributed by atoms with van der Waals surface area (Å²) in [6.45, 7) is 0.368. The second kappa shape index (κ2) is 4.14. The molecule has 0 aliphatic carbocycles. The van der Waals surface area contributed by atoms with Gasteiger partial charge in [-0.25, -0.2) is 0 Å². The molecule has 1 heterocycles. The number of carbonyl (C=O) groups is 2. The van der Waals surface area contributed by atoms with Gasteiger partial charge in [0.05, 0.1) is 7.11 Å². The minimum atomic E-state index is -0.652. The van der Waals surface area contributed by atoms with E-state index >= 15 is 0 Å². The van der Waals surface area contributed by atoms with Crippen molar-refractivity contribution in [3.63, 3.8) is 0 Å². The average Bonchev–Trinajstić information content (AvgIpc) is 2.29. The number of amides is 1. The molecule has 1 amide bonds. The molecule has 1 aromatic rings. The molecule has 0 aromatic heterocycles. The normalized spacial score (nSPS) is 19.2. The fourth-order valence-electron chi connectivity index (χ4n) is 1.60. The number of nitrogens with zero attached hydrogens (tertiary/aromatic N) is 1. The van der Waals surface area contributed by atoms with E-state index in [9.17, 15) is 9.59 Å². The molecule has 4 nitrogen and oxygen atoms in total. The van der Waals surface area contributed by atoms with Crippen LogP contribution in [0.1, 0.15) is 0 Å². The largest absolute Gasteiger partial charge is 0.468 e. The van der Waals surface area contributed by atoms with Crippen LogP contribution in [0.25, 0.3) is 0 Å². The van der Waals surface area contributed by atoms with E-state index in [2.05, 4.69) is 4.74 Å². The molecule has 0 spiro atoms. The molecule has 1 saturated heterocycles. The van der Waals surface area contributed by atoms with Crippen molar-refractivity contribution in [2.75, 3.05) is 18.6 Å². The van der Waals surface area contributed by atoms with Crippen LogP contribution in [0.15, 0.2) is 24.3 Å². The maximum atomic E-state index is 11.6. The van der Waals surface area contributed by atoms with Crippen LogP contribution in [-0.2, 0) is 14.3 Å². The summed E-state index contributed by atoms with van der Waals surface area (Å²) in [6, 6.07) is 6.90. The summed E-state index contributed by atoms with van der Waals surface area (Å²) in [6.07, 6.45) is 0. The van der Waals surface area contributed by atoms with Crippen molar-refractivity contribution in [2.45, 2.75) is 0 Å². The Labute approximate surface area is 97.7 Å². The smallest absolute Gasteiger partial charge is 0.320 e. The molecule has 16 heavy (non-hydrogen) atoms. The lowest BCUT2D eigenvalue weighted by molar-refractivity contribution is -0.152. The Balaban J connectivity index is 2.08. The SMILES string of the molecule is COC(=O)C1CN(c2ccc(Cl)cc2)C1=O. The lowest BCUT2D eigenvalue weighted by atomic mass is 9.98. The van der Waals surface area contributed by atoms with Crippen molar-refractivity contribution in [1.29, 1.82) is 0 Å². The van der Waals surface area contributed by atoms with Crippen molar-refractivity contribution < 1.29 is 14.3 Å². The van der Waals surface area contributed by atoms with Gasteiger partial charge in [0.15, 0.2) is 5.92 Å². The molecule has 5 heteroatoms. The highest BCUT2D eigenvalue weighted by molar-refractivity contribution is 6.30. The summed E-state index contributed by atoms with van der Waals surface area (Å²) in [4.78, 5) is 24.3. The molecule has 0 bridgehead atoms. The molecule has 1 unspecified atom stereocenters. The molecule has 1 aliphatic heterocycles. The average molecular weight is 240 g/mol. The number of β-lactam (4-membered cyclic amide) rings is 1. The Bertz CT molecular complexity index is 429. The molecule has 0 saturated carbocycles. The lowest BCUT2D eigenvalue weighted by Gasteiger charge is -2.36. The summed E-state index contributed by atoms with van der Waals surface area (Å²) in [7, 11) is 1.28. The highest BCUT2D eigenvalue weighted by atomic mass is 35.5. The maximum absolute atomic E-state index is 11.6. The van der Waals surface area contributed by atoms with Crippen LogP contribution < -0.4 is 4.90 Å². The molecule has 1 aromatic carbocycles. The standard InChI is InChI=1S/C11H10ClNO3/c1-16-11(15)9-6-13(10(9)14)8-4-2-7(12)3-5-8/h2-5,9H,6H2,1H3. The van der Waals surface area contributed by atoms with Crippen molar-refractivity contribution in [3.8, 4) is 0 Å². The van der Waals surface area contributed by atoms with Gasteiger partial charge in [-0.2, -0.15) is 0 Å². The van der Waals surface area contributed by atoms with E-state index in [0.717, 1.165) is 5.69 Å². The zero-order valence-electron chi connectivity index (χ0n) is 8.64. The molecule has 0 N–H and O–H groups in total. The van der Waals surface area contributed by atoms with Crippen molar-refractivity contribution in [1.82, 2.24) is 0 Å².